The van der Waals surface area contributed by atoms with Gasteiger partial charge in [-0.3, -0.25) is 0 Å². The van der Waals surface area contributed by atoms with E-state index in [-0.39, 0.29) is 5.54 Å². The number of anilines is 1. The van der Waals surface area contributed by atoms with Crippen molar-refractivity contribution in [2.45, 2.75) is 37.6 Å². The van der Waals surface area contributed by atoms with Gasteiger partial charge >= 0.3 is 0 Å². The number of rotatable bonds is 3. The molecule has 128 valence electrons. The number of benzene rings is 1. The van der Waals surface area contributed by atoms with Crippen LogP contribution in [0.5, 0.6) is 0 Å². The highest BCUT2D eigenvalue weighted by atomic mass is 32.2. The fourth-order valence-electron chi connectivity index (χ4n) is 3.64. The van der Waals surface area contributed by atoms with Gasteiger partial charge in [0.2, 0.25) is 0 Å². The van der Waals surface area contributed by atoms with Crippen molar-refractivity contribution in [2.75, 3.05) is 29.5 Å². The Morgan fingerprint density at radius 3 is 2.67 bits per heavy atom. The Morgan fingerprint density at radius 1 is 1.08 bits per heavy atom. The minimum atomic E-state index is -0.151. The molecule has 3 heterocycles. The number of hydrogen-bond acceptors (Lipinski definition) is 5. The normalized spacial score (nSPS) is 21.0. The Kier molecular flexibility index (Phi) is 4.83. The van der Waals surface area contributed by atoms with Gasteiger partial charge in [0.05, 0.1) is 4.88 Å². The highest BCUT2D eigenvalue weighted by Gasteiger charge is 2.29. The fourth-order valence-corrected chi connectivity index (χ4v) is 5.82. The summed E-state index contributed by atoms with van der Waals surface area (Å²) in [4.78, 5) is 8.38. The van der Waals surface area contributed by atoms with Crippen LogP contribution in [0.15, 0.2) is 30.5 Å². The predicted molar refractivity (Wildman–Crippen MR) is 106 cm³/mol. The molecule has 4 rings (SSSR count). The van der Waals surface area contributed by atoms with Crippen LogP contribution in [0, 0.1) is 0 Å². The van der Waals surface area contributed by atoms with E-state index in [1.54, 1.807) is 0 Å². The molecule has 0 aliphatic carbocycles. The van der Waals surface area contributed by atoms with Gasteiger partial charge in [-0.2, -0.15) is 11.8 Å². The zero-order valence-electron chi connectivity index (χ0n) is 14.0. The van der Waals surface area contributed by atoms with Crippen LogP contribution < -0.4 is 10.6 Å². The molecule has 0 unspecified atom stereocenters. The molecule has 1 aromatic carbocycles. The van der Waals surface area contributed by atoms with E-state index in [1.165, 1.54) is 51.9 Å². The molecule has 0 bridgehead atoms. The van der Waals surface area contributed by atoms with E-state index in [0.29, 0.717) is 0 Å². The van der Waals surface area contributed by atoms with Crippen LogP contribution in [0.3, 0.4) is 0 Å². The Labute approximate surface area is 152 Å². The average molecular weight is 360 g/mol. The van der Waals surface area contributed by atoms with Gasteiger partial charge < -0.3 is 10.6 Å². The Morgan fingerprint density at radius 2 is 1.88 bits per heavy atom. The molecule has 2 N–H and O–H groups in total. The van der Waals surface area contributed by atoms with Crippen LogP contribution in [0.1, 0.15) is 37.7 Å². The first kappa shape index (κ1) is 16.4. The lowest BCUT2D eigenvalue weighted by atomic mass is 9.84. The van der Waals surface area contributed by atoms with E-state index in [0.717, 1.165) is 25.9 Å². The van der Waals surface area contributed by atoms with E-state index >= 15 is 0 Å². The summed E-state index contributed by atoms with van der Waals surface area (Å²) in [7, 11) is 0. The third-order valence-corrected chi connectivity index (χ3v) is 7.32. The third kappa shape index (κ3) is 3.35. The molecule has 2 aromatic rings. The quantitative estimate of drug-likeness (QED) is 0.877. The van der Waals surface area contributed by atoms with Gasteiger partial charge in [0.1, 0.15) is 0 Å². The number of aromatic nitrogens is 1. The molecule has 2 aliphatic heterocycles. The van der Waals surface area contributed by atoms with E-state index < -0.39 is 0 Å². The van der Waals surface area contributed by atoms with Crippen LogP contribution in [0.2, 0.25) is 0 Å². The molecular formula is C19H25N3S2. The molecule has 0 saturated carbocycles. The lowest BCUT2D eigenvalue weighted by molar-refractivity contribution is 0.411. The van der Waals surface area contributed by atoms with Gasteiger partial charge in [0.15, 0.2) is 5.13 Å². The van der Waals surface area contributed by atoms with Crippen molar-refractivity contribution in [3.05, 3.63) is 36.0 Å². The minimum Gasteiger partial charge on any atom is -0.348 e. The molecule has 0 amide bonds. The molecule has 0 radical (unpaired) electrons. The van der Waals surface area contributed by atoms with Crippen LogP contribution in [-0.4, -0.2) is 29.6 Å². The summed E-state index contributed by atoms with van der Waals surface area (Å²) in [5.74, 6) is 2.33. The first-order chi connectivity index (χ1) is 11.7. The summed E-state index contributed by atoms with van der Waals surface area (Å²) in [5.41, 5.74) is 9.11. The van der Waals surface area contributed by atoms with Crippen LogP contribution in [-0.2, 0) is 5.54 Å². The Bertz CT molecular complexity index is 685. The molecule has 24 heavy (non-hydrogen) atoms. The summed E-state index contributed by atoms with van der Waals surface area (Å²) in [6.07, 6.45) is 8.11. The van der Waals surface area contributed by atoms with Crippen molar-refractivity contribution in [3.8, 4) is 10.4 Å². The van der Waals surface area contributed by atoms with Crippen molar-refractivity contribution in [1.29, 1.82) is 0 Å². The predicted octanol–water partition coefficient (Wildman–Crippen LogP) is 4.48. The maximum absolute atomic E-state index is 6.72. The summed E-state index contributed by atoms with van der Waals surface area (Å²) >= 11 is 3.83. The van der Waals surface area contributed by atoms with Gasteiger partial charge in [0.25, 0.3) is 0 Å². The summed E-state index contributed by atoms with van der Waals surface area (Å²) < 4.78 is 0. The number of nitrogens with zero attached hydrogens (tertiary/aromatic N) is 2. The second kappa shape index (κ2) is 7.06. The maximum Gasteiger partial charge on any atom is 0.185 e. The number of piperidine rings is 1. The monoisotopic (exact) mass is 359 g/mol. The van der Waals surface area contributed by atoms with Crippen molar-refractivity contribution < 1.29 is 0 Å². The van der Waals surface area contributed by atoms with E-state index in [4.69, 9.17) is 5.73 Å². The minimum absolute atomic E-state index is 0.151. The van der Waals surface area contributed by atoms with Crippen molar-refractivity contribution >= 4 is 28.2 Å². The number of nitrogens with two attached hydrogens (primary N) is 1. The number of thiazole rings is 1. The third-order valence-electron chi connectivity index (χ3n) is 5.23. The molecular weight excluding hydrogens is 334 g/mol. The summed E-state index contributed by atoms with van der Waals surface area (Å²) in [6, 6.07) is 8.84. The lowest BCUT2D eigenvalue weighted by Crippen LogP contribution is -2.40. The molecule has 5 heteroatoms. The zero-order valence-corrected chi connectivity index (χ0v) is 15.7. The molecule has 2 saturated heterocycles. The first-order valence-electron chi connectivity index (χ1n) is 8.93. The lowest BCUT2D eigenvalue weighted by Gasteiger charge is -2.33. The SMILES string of the molecule is NC1(c2cccc(-c3cnc(N4CCCCC4)s3)c2)CCSCC1. The second-order valence-corrected chi connectivity index (χ2v) is 9.14. The van der Waals surface area contributed by atoms with E-state index in [9.17, 15) is 0 Å². The molecule has 0 atom stereocenters. The van der Waals surface area contributed by atoms with Crippen LogP contribution >= 0.6 is 23.1 Å². The van der Waals surface area contributed by atoms with E-state index in [2.05, 4.69) is 34.1 Å². The first-order valence-corrected chi connectivity index (χ1v) is 10.9. The van der Waals surface area contributed by atoms with Gasteiger partial charge in [0, 0.05) is 24.8 Å². The van der Waals surface area contributed by atoms with Crippen molar-refractivity contribution in [3.63, 3.8) is 0 Å². The topological polar surface area (TPSA) is 42.1 Å². The van der Waals surface area contributed by atoms with Gasteiger partial charge in [-0.05, 0) is 60.8 Å². The van der Waals surface area contributed by atoms with Gasteiger partial charge in [-0.1, -0.05) is 29.5 Å². The van der Waals surface area contributed by atoms with Crippen molar-refractivity contribution in [2.24, 2.45) is 5.73 Å². The van der Waals surface area contributed by atoms with Crippen LogP contribution in [0.25, 0.3) is 10.4 Å². The summed E-state index contributed by atoms with van der Waals surface area (Å²) in [6.45, 7) is 2.30. The Hall–Kier alpha value is -1.04. The standard InChI is InChI=1S/C19H25N3S2/c20-19(7-11-23-12-8-19)16-6-4-5-15(13-16)17-14-21-18(24-17)22-9-2-1-3-10-22/h4-6,13-14H,1-3,7-12,20H2. The van der Waals surface area contributed by atoms with Gasteiger partial charge in [-0.15, -0.1) is 0 Å². The molecule has 2 aliphatic rings. The fraction of sp³-hybridized carbons (Fsp3) is 0.526. The molecule has 0 spiro atoms. The highest BCUT2D eigenvalue weighted by Crippen LogP contribution is 2.37. The number of hydrogen-bond donors (Lipinski definition) is 1. The molecule has 2 fully saturated rings. The molecule has 3 nitrogen and oxygen atoms in total. The van der Waals surface area contributed by atoms with Crippen LogP contribution in [0.4, 0.5) is 5.13 Å². The highest BCUT2D eigenvalue weighted by molar-refractivity contribution is 7.99. The number of thioether (sulfide) groups is 1. The maximum atomic E-state index is 6.72. The average Bonchev–Trinajstić information content (AvgIpc) is 3.13. The zero-order chi connectivity index (χ0) is 16.4. The Balaban J connectivity index is 1.58. The van der Waals surface area contributed by atoms with Crippen molar-refractivity contribution in [1.82, 2.24) is 4.98 Å². The van der Waals surface area contributed by atoms with E-state index in [1.807, 2.05) is 29.3 Å². The largest absolute Gasteiger partial charge is 0.348 e. The second-order valence-electron chi connectivity index (χ2n) is 6.90. The summed E-state index contributed by atoms with van der Waals surface area (Å²) in [5, 5.41) is 1.17. The smallest absolute Gasteiger partial charge is 0.185 e. The van der Waals surface area contributed by atoms with Gasteiger partial charge in [-0.25, -0.2) is 4.98 Å². The molecule has 1 aromatic heterocycles.